The minimum absolute atomic E-state index is 0.0727. The van der Waals surface area contributed by atoms with Crippen LogP contribution in [0.5, 0.6) is 0 Å². The third-order valence-corrected chi connectivity index (χ3v) is 0.932. The second-order valence-electron chi connectivity index (χ2n) is 3.44. The molecule has 0 fully saturated rings. The zero-order chi connectivity index (χ0) is 8.91. The highest BCUT2D eigenvalue weighted by Gasteiger charge is 2.14. The summed E-state index contributed by atoms with van der Waals surface area (Å²) in [6.07, 6.45) is -0.0727. The van der Waals surface area contributed by atoms with E-state index in [0.717, 1.165) is 0 Å². The van der Waals surface area contributed by atoms with Crippen molar-refractivity contribution in [3.05, 3.63) is 0 Å². The molecule has 11 heavy (non-hydrogen) atoms. The lowest BCUT2D eigenvalue weighted by molar-refractivity contribution is -0.0689. The number of hydrogen-bond acceptors (Lipinski definition) is 3. The Balaban J connectivity index is 3.51. The molecule has 0 amide bonds. The highest BCUT2D eigenvalue weighted by Crippen LogP contribution is 2.10. The first kappa shape index (κ1) is 10.4. The molecule has 65 valence electrons. The van der Waals surface area contributed by atoms with E-state index in [9.17, 15) is 4.79 Å². The van der Waals surface area contributed by atoms with Crippen LogP contribution in [0.2, 0.25) is 0 Å². The lowest BCUT2D eigenvalue weighted by Gasteiger charge is -2.24. The first-order valence-corrected chi connectivity index (χ1v) is 3.62. The van der Waals surface area contributed by atoms with Crippen molar-refractivity contribution in [1.82, 2.24) is 0 Å². The SMILES string of the molecule is CC(CO[C]=O)OC(C)(C)C. The van der Waals surface area contributed by atoms with Gasteiger partial charge in [0.25, 0.3) is 0 Å². The van der Waals surface area contributed by atoms with E-state index >= 15 is 0 Å². The minimum atomic E-state index is -0.189. The molecule has 0 aliphatic carbocycles. The largest absolute Gasteiger partial charge is 0.455 e. The molecule has 0 aliphatic heterocycles. The predicted molar refractivity (Wildman–Crippen MR) is 41.9 cm³/mol. The van der Waals surface area contributed by atoms with Gasteiger partial charge in [-0.3, -0.25) is 0 Å². The summed E-state index contributed by atoms with van der Waals surface area (Å²) in [6, 6.07) is 0. The fraction of sp³-hybridized carbons (Fsp3) is 0.875. The van der Waals surface area contributed by atoms with Crippen LogP contribution in [-0.4, -0.2) is 24.8 Å². The zero-order valence-electron chi connectivity index (χ0n) is 7.51. The van der Waals surface area contributed by atoms with Crippen LogP contribution in [0.25, 0.3) is 0 Å². The second kappa shape index (κ2) is 4.34. The summed E-state index contributed by atoms with van der Waals surface area (Å²) in [5.74, 6) is 0. The molecule has 0 aliphatic rings. The summed E-state index contributed by atoms with van der Waals surface area (Å²) in [7, 11) is 0. The Kier molecular flexibility index (Phi) is 4.11. The van der Waals surface area contributed by atoms with Crippen molar-refractivity contribution in [1.29, 1.82) is 0 Å². The summed E-state index contributed by atoms with van der Waals surface area (Å²) >= 11 is 0. The van der Waals surface area contributed by atoms with Crippen LogP contribution >= 0.6 is 0 Å². The lowest BCUT2D eigenvalue weighted by Crippen LogP contribution is -2.28. The van der Waals surface area contributed by atoms with Gasteiger partial charge in [-0.25, -0.2) is 4.79 Å². The van der Waals surface area contributed by atoms with Crippen molar-refractivity contribution in [2.45, 2.75) is 39.4 Å². The molecule has 0 rings (SSSR count). The maximum atomic E-state index is 9.67. The van der Waals surface area contributed by atoms with Crippen molar-refractivity contribution < 1.29 is 14.3 Å². The van der Waals surface area contributed by atoms with E-state index in [1.165, 1.54) is 6.47 Å². The summed E-state index contributed by atoms with van der Waals surface area (Å²) in [5, 5.41) is 0. The summed E-state index contributed by atoms with van der Waals surface area (Å²) < 4.78 is 9.85. The van der Waals surface area contributed by atoms with Gasteiger partial charge in [0.05, 0.1) is 11.7 Å². The van der Waals surface area contributed by atoms with Crippen LogP contribution in [0.1, 0.15) is 27.7 Å². The standard InChI is InChI=1S/C8H15O3/c1-7(5-10-6-9)11-8(2,3)4/h7H,5H2,1-4H3. The van der Waals surface area contributed by atoms with Gasteiger partial charge in [0.1, 0.15) is 6.61 Å². The quantitative estimate of drug-likeness (QED) is 0.619. The highest BCUT2D eigenvalue weighted by molar-refractivity contribution is 5.38. The van der Waals surface area contributed by atoms with Gasteiger partial charge >= 0.3 is 6.47 Å². The fourth-order valence-electron chi connectivity index (χ4n) is 0.789. The fourth-order valence-corrected chi connectivity index (χ4v) is 0.789. The van der Waals surface area contributed by atoms with Gasteiger partial charge < -0.3 is 9.47 Å². The van der Waals surface area contributed by atoms with E-state index in [-0.39, 0.29) is 18.3 Å². The molecule has 0 saturated carbocycles. The molecule has 1 unspecified atom stereocenters. The van der Waals surface area contributed by atoms with Crippen LogP contribution in [0.15, 0.2) is 0 Å². The molecule has 3 heteroatoms. The molecular formula is C8H15O3. The molecule has 0 saturated heterocycles. The Hall–Kier alpha value is -0.570. The Morgan fingerprint density at radius 1 is 1.45 bits per heavy atom. The number of rotatable bonds is 4. The first-order valence-electron chi connectivity index (χ1n) is 3.62. The normalized spacial score (nSPS) is 14.2. The number of ether oxygens (including phenoxy) is 2. The Morgan fingerprint density at radius 3 is 2.36 bits per heavy atom. The molecule has 0 aromatic carbocycles. The minimum Gasteiger partial charge on any atom is -0.455 e. The van der Waals surface area contributed by atoms with Gasteiger partial charge in [-0.1, -0.05) is 0 Å². The van der Waals surface area contributed by atoms with Crippen molar-refractivity contribution in [3.8, 4) is 0 Å². The average molecular weight is 159 g/mol. The topological polar surface area (TPSA) is 35.5 Å². The van der Waals surface area contributed by atoms with Gasteiger partial charge in [0.15, 0.2) is 0 Å². The van der Waals surface area contributed by atoms with E-state index in [2.05, 4.69) is 4.74 Å². The molecule has 0 bridgehead atoms. The monoisotopic (exact) mass is 159 g/mol. The average Bonchev–Trinajstić information content (AvgIpc) is 1.79. The van der Waals surface area contributed by atoms with Crippen LogP contribution in [0.4, 0.5) is 0 Å². The molecule has 3 nitrogen and oxygen atoms in total. The Morgan fingerprint density at radius 2 is 2.00 bits per heavy atom. The smallest absolute Gasteiger partial charge is 0.417 e. The maximum Gasteiger partial charge on any atom is 0.417 e. The van der Waals surface area contributed by atoms with Gasteiger partial charge in [-0.05, 0) is 27.7 Å². The molecular weight excluding hydrogens is 144 g/mol. The maximum absolute atomic E-state index is 9.67. The lowest BCUT2D eigenvalue weighted by atomic mass is 10.2. The van der Waals surface area contributed by atoms with Crippen molar-refractivity contribution >= 4 is 6.47 Å². The van der Waals surface area contributed by atoms with Crippen LogP contribution < -0.4 is 0 Å². The van der Waals surface area contributed by atoms with Crippen LogP contribution in [-0.2, 0) is 14.3 Å². The highest BCUT2D eigenvalue weighted by atomic mass is 16.6. The van der Waals surface area contributed by atoms with Crippen molar-refractivity contribution in [2.75, 3.05) is 6.61 Å². The van der Waals surface area contributed by atoms with Crippen LogP contribution in [0, 0.1) is 0 Å². The van der Waals surface area contributed by atoms with E-state index in [1.807, 2.05) is 27.7 Å². The molecule has 0 spiro atoms. The molecule has 0 aromatic heterocycles. The Bertz CT molecular complexity index is 115. The second-order valence-corrected chi connectivity index (χ2v) is 3.44. The van der Waals surface area contributed by atoms with E-state index in [1.54, 1.807) is 0 Å². The molecule has 0 heterocycles. The van der Waals surface area contributed by atoms with E-state index in [4.69, 9.17) is 4.74 Å². The summed E-state index contributed by atoms with van der Waals surface area (Å²) in [6.45, 7) is 9.33. The molecule has 0 N–H and O–H groups in total. The van der Waals surface area contributed by atoms with E-state index in [0.29, 0.717) is 0 Å². The van der Waals surface area contributed by atoms with Crippen LogP contribution in [0.3, 0.4) is 0 Å². The molecule has 1 atom stereocenters. The van der Waals surface area contributed by atoms with Crippen molar-refractivity contribution in [3.63, 3.8) is 0 Å². The molecule has 1 radical (unpaired) electrons. The van der Waals surface area contributed by atoms with Gasteiger partial charge in [-0.2, -0.15) is 0 Å². The third kappa shape index (κ3) is 7.33. The zero-order valence-corrected chi connectivity index (χ0v) is 7.51. The van der Waals surface area contributed by atoms with Gasteiger partial charge in [0, 0.05) is 0 Å². The van der Waals surface area contributed by atoms with Gasteiger partial charge in [0.2, 0.25) is 0 Å². The van der Waals surface area contributed by atoms with E-state index < -0.39 is 0 Å². The van der Waals surface area contributed by atoms with Crippen molar-refractivity contribution in [2.24, 2.45) is 0 Å². The predicted octanol–water partition coefficient (Wildman–Crippen LogP) is 1.27. The van der Waals surface area contributed by atoms with Gasteiger partial charge in [-0.15, -0.1) is 0 Å². The molecule has 0 aromatic rings. The number of carbonyl (C=O) groups excluding carboxylic acids is 1. The summed E-state index contributed by atoms with van der Waals surface area (Å²) in [4.78, 5) is 9.67. The summed E-state index contributed by atoms with van der Waals surface area (Å²) in [5.41, 5.74) is -0.189. The number of hydrogen-bond donors (Lipinski definition) is 0. The first-order chi connectivity index (χ1) is 4.95. The Labute approximate surface area is 67.7 Å². The third-order valence-electron chi connectivity index (χ3n) is 0.932.